The van der Waals surface area contributed by atoms with Gasteiger partial charge >= 0.3 is 12.1 Å². The summed E-state index contributed by atoms with van der Waals surface area (Å²) < 4.78 is 51.0. The molecule has 2 heterocycles. The molecule has 4 rings (SSSR count). The number of nitrogens with one attached hydrogen (secondary N) is 1. The van der Waals surface area contributed by atoms with Gasteiger partial charge in [-0.05, 0) is 42.4 Å². The molecule has 40 heavy (non-hydrogen) atoms. The molecule has 2 aliphatic rings. The number of hydrogen-bond acceptors (Lipinski definition) is 5. The molecule has 2 fully saturated rings. The monoisotopic (exact) mass is 562 g/mol. The smallest absolute Gasteiger partial charge is 0.416 e. The molecule has 2 aliphatic heterocycles. The van der Waals surface area contributed by atoms with E-state index in [4.69, 9.17) is 9.47 Å². The molecule has 2 N–H and O–H groups in total. The molecule has 0 spiro atoms. The van der Waals surface area contributed by atoms with E-state index in [1.807, 2.05) is 51.1 Å². The zero-order chi connectivity index (χ0) is 29.2. The minimum atomic E-state index is -4.52. The van der Waals surface area contributed by atoms with Gasteiger partial charge in [0.15, 0.2) is 0 Å². The van der Waals surface area contributed by atoms with Crippen LogP contribution in [0.4, 0.5) is 13.2 Å². The molecule has 10 heteroatoms. The number of carbonyl (C=O) groups is 2. The number of alkyl halides is 3. The summed E-state index contributed by atoms with van der Waals surface area (Å²) in [5.74, 6) is -1.93. The van der Waals surface area contributed by atoms with Crippen molar-refractivity contribution in [3.05, 3.63) is 65.2 Å². The highest BCUT2D eigenvalue weighted by atomic mass is 19.4. The Labute approximate surface area is 232 Å². The lowest BCUT2D eigenvalue weighted by Crippen LogP contribution is -2.51. The van der Waals surface area contributed by atoms with Gasteiger partial charge in [0.2, 0.25) is 0 Å². The van der Waals surface area contributed by atoms with Crippen LogP contribution in [-0.4, -0.2) is 53.8 Å². The van der Waals surface area contributed by atoms with E-state index in [-0.39, 0.29) is 18.2 Å². The van der Waals surface area contributed by atoms with Crippen molar-refractivity contribution in [3.63, 3.8) is 0 Å². The van der Waals surface area contributed by atoms with Gasteiger partial charge in [-0.25, -0.2) is 4.79 Å². The molecule has 0 unspecified atom stereocenters. The summed E-state index contributed by atoms with van der Waals surface area (Å²) in [5.41, 5.74) is -0.122. The van der Waals surface area contributed by atoms with Crippen molar-refractivity contribution in [1.29, 1.82) is 0 Å². The predicted molar refractivity (Wildman–Crippen MR) is 143 cm³/mol. The largest absolute Gasteiger partial charge is 0.496 e. The average Bonchev–Trinajstić information content (AvgIpc) is 3.28. The molecule has 2 saturated heterocycles. The number of halogens is 3. The van der Waals surface area contributed by atoms with Gasteiger partial charge in [0.05, 0.1) is 18.7 Å². The highest BCUT2D eigenvalue weighted by Crippen LogP contribution is 2.49. The molecule has 1 amide bonds. The van der Waals surface area contributed by atoms with Crippen molar-refractivity contribution in [2.45, 2.75) is 77.0 Å². The second-order valence-electron chi connectivity index (χ2n) is 11.6. The van der Waals surface area contributed by atoms with Gasteiger partial charge in [0, 0.05) is 30.7 Å². The predicted octanol–water partition coefficient (Wildman–Crippen LogP) is 5.44. The zero-order valence-corrected chi connectivity index (χ0v) is 23.2. The average molecular weight is 563 g/mol. The van der Waals surface area contributed by atoms with E-state index in [0.29, 0.717) is 18.6 Å². The third-order valence-electron chi connectivity index (χ3n) is 7.91. The summed E-state index contributed by atoms with van der Waals surface area (Å²) in [5, 5.41) is 14.0. The molecule has 2 aromatic carbocycles. The summed E-state index contributed by atoms with van der Waals surface area (Å²) >= 11 is 0. The van der Waals surface area contributed by atoms with E-state index >= 15 is 0 Å². The fourth-order valence-corrected chi connectivity index (χ4v) is 6.12. The lowest BCUT2D eigenvalue weighted by atomic mass is 9.72. The molecule has 2 aromatic rings. The second kappa shape index (κ2) is 11.8. The fraction of sp³-hybridized carbons (Fsp3) is 0.533. The number of carboxylic acids is 1. The number of ether oxygens (including phenoxy) is 2. The van der Waals surface area contributed by atoms with E-state index in [9.17, 15) is 27.9 Å². The number of rotatable bonds is 7. The van der Waals surface area contributed by atoms with Crippen molar-refractivity contribution >= 4 is 11.9 Å². The molecule has 5 atom stereocenters. The number of carboxylic acid groups (broad SMARTS) is 1. The molecule has 0 radical (unpaired) electrons. The van der Waals surface area contributed by atoms with Gasteiger partial charge in [0.1, 0.15) is 17.9 Å². The highest BCUT2D eigenvalue weighted by Gasteiger charge is 2.58. The summed E-state index contributed by atoms with van der Waals surface area (Å²) in [6.45, 7) is 6.36. The summed E-state index contributed by atoms with van der Waals surface area (Å²) in [4.78, 5) is 28.4. The van der Waals surface area contributed by atoms with Crippen molar-refractivity contribution in [1.82, 2.24) is 10.2 Å². The maximum atomic E-state index is 14.0. The third-order valence-corrected chi connectivity index (χ3v) is 7.91. The number of likely N-dealkylation sites (tertiary alicyclic amines) is 1. The fourth-order valence-electron chi connectivity index (χ4n) is 6.12. The van der Waals surface area contributed by atoms with Gasteiger partial charge in [-0.2, -0.15) is 13.2 Å². The molecular weight excluding hydrogens is 525 g/mol. The maximum absolute atomic E-state index is 14.0. The molecule has 0 aliphatic carbocycles. The standard InChI is InChI=1S/C30H37F3N2O5/c1-29(2,3)23-24(34-17-19-13-14-20(30(31,32)33)16-22(19)39-4)25(18-10-6-5-7-11-18)35(26(23)28(37)38)27(36)21-12-8-9-15-40-21/h5-7,10-11,13-14,16,21,23-26,34H,8-9,12,15,17H2,1-4H3,(H,37,38)/t21-,23-,24-,25-,26-/m0/s1. The van der Waals surface area contributed by atoms with Crippen LogP contribution in [0.1, 0.15) is 62.8 Å². The van der Waals surface area contributed by atoms with Crippen LogP contribution >= 0.6 is 0 Å². The summed E-state index contributed by atoms with van der Waals surface area (Å²) in [7, 11) is 1.31. The molecule has 7 nitrogen and oxygen atoms in total. The Hall–Kier alpha value is -3.11. The van der Waals surface area contributed by atoms with Crippen molar-refractivity contribution in [2.75, 3.05) is 13.7 Å². The minimum absolute atomic E-state index is 0.0715. The van der Waals surface area contributed by atoms with Crippen LogP contribution in [-0.2, 0) is 27.0 Å². The Morgan fingerprint density at radius 2 is 1.80 bits per heavy atom. The van der Waals surface area contributed by atoms with Crippen LogP contribution in [0.2, 0.25) is 0 Å². The molecule has 218 valence electrons. The second-order valence-corrected chi connectivity index (χ2v) is 11.6. The van der Waals surface area contributed by atoms with E-state index in [0.717, 1.165) is 30.5 Å². The Morgan fingerprint density at radius 1 is 1.10 bits per heavy atom. The Kier molecular flexibility index (Phi) is 8.80. The van der Waals surface area contributed by atoms with E-state index in [1.165, 1.54) is 18.1 Å². The normalized spacial score (nSPS) is 25.6. The first-order valence-electron chi connectivity index (χ1n) is 13.5. The number of carbonyl (C=O) groups excluding carboxylic acids is 1. The Morgan fingerprint density at radius 3 is 2.35 bits per heavy atom. The first-order valence-corrected chi connectivity index (χ1v) is 13.5. The first-order chi connectivity index (χ1) is 18.8. The van der Waals surface area contributed by atoms with Gasteiger partial charge in [-0.3, -0.25) is 4.79 Å². The number of amides is 1. The Balaban J connectivity index is 1.78. The number of methoxy groups -OCH3 is 1. The van der Waals surface area contributed by atoms with E-state index in [2.05, 4.69) is 5.32 Å². The van der Waals surface area contributed by atoms with Gasteiger partial charge < -0.3 is 24.8 Å². The SMILES string of the molecule is COc1cc(C(F)(F)F)ccc1CN[C@H]1[C@H](C(C)(C)C)[C@@H](C(=O)O)N(C(=O)[C@@H]2CCCCO2)[C@H]1c1ccccc1. The molecule has 0 aromatic heterocycles. The van der Waals surface area contributed by atoms with Gasteiger partial charge in [-0.15, -0.1) is 0 Å². The lowest BCUT2D eigenvalue weighted by molar-refractivity contribution is -0.159. The van der Waals surface area contributed by atoms with Crippen molar-refractivity contribution in [2.24, 2.45) is 11.3 Å². The van der Waals surface area contributed by atoms with Crippen molar-refractivity contribution in [3.8, 4) is 5.75 Å². The molecule has 0 bridgehead atoms. The molecule has 0 saturated carbocycles. The Bertz CT molecular complexity index is 1190. The highest BCUT2D eigenvalue weighted by molar-refractivity contribution is 5.88. The number of aliphatic carboxylic acids is 1. The third kappa shape index (κ3) is 6.12. The molecular formula is C30H37F3N2O5. The van der Waals surface area contributed by atoms with Crippen LogP contribution in [0, 0.1) is 11.3 Å². The van der Waals surface area contributed by atoms with Gasteiger partial charge in [0.25, 0.3) is 5.91 Å². The van der Waals surface area contributed by atoms with E-state index in [1.54, 1.807) is 0 Å². The van der Waals surface area contributed by atoms with E-state index < -0.39 is 53.3 Å². The van der Waals surface area contributed by atoms with Crippen LogP contribution in [0.3, 0.4) is 0 Å². The van der Waals surface area contributed by atoms with Crippen LogP contribution in [0.5, 0.6) is 5.75 Å². The quantitative estimate of drug-likeness (QED) is 0.467. The minimum Gasteiger partial charge on any atom is -0.496 e. The topological polar surface area (TPSA) is 88.1 Å². The summed E-state index contributed by atoms with van der Waals surface area (Å²) in [6.07, 6.45) is -3.06. The van der Waals surface area contributed by atoms with Crippen LogP contribution < -0.4 is 10.1 Å². The number of benzene rings is 2. The zero-order valence-electron chi connectivity index (χ0n) is 23.2. The van der Waals surface area contributed by atoms with Crippen LogP contribution in [0.25, 0.3) is 0 Å². The number of hydrogen-bond donors (Lipinski definition) is 2. The van der Waals surface area contributed by atoms with Crippen molar-refractivity contribution < 1.29 is 37.3 Å². The van der Waals surface area contributed by atoms with Crippen LogP contribution in [0.15, 0.2) is 48.5 Å². The summed E-state index contributed by atoms with van der Waals surface area (Å²) in [6, 6.07) is 10.2. The first kappa shape index (κ1) is 29.9. The van der Waals surface area contributed by atoms with Gasteiger partial charge in [-0.1, -0.05) is 57.2 Å². The number of nitrogens with zero attached hydrogens (tertiary/aromatic N) is 1. The maximum Gasteiger partial charge on any atom is 0.416 e. The lowest BCUT2D eigenvalue weighted by Gasteiger charge is -2.36.